The molecule has 0 aliphatic heterocycles. The van der Waals surface area contributed by atoms with E-state index in [9.17, 15) is 4.79 Å². The van der Waals surface area contributed by atoms with Gasteiger partial charge >= 0.3 is 0 Å². The van der Waals surface area contributed by atoms with E-state index in [0.717, 1.165) is 5.57 Å². The number of hydrogen-bond acceptors (Lipinski definition) is 1. The van der Waals surface area contributed by atoms with Crippen molar-refractivity contribution in [3.8, 4) is 0 Å². The number of carbonyl (C=O) groups excluding carboxylic acids is 1. The van der Waals surface area contributed by atoms with Gasteiger partial charge in [0.1, 0.15) is 0 Å². The minimum Gasteiger partial charge on any atom is -0.369 e. The van der Waals surface area contributed by atoms with Crippen LogP contribution in [0.4, 0.5) is 0 Å². The lowest BCUT2D eigenvalue weighted by Crippen LogP contribution is -2.32. The van der Waals surface area contributed by atoms with Crippen molar-refractivity contribution in [2.24, 2.45) is 11.1 Å². The number of hydrogen-bond donors (Lipinski definition) is 1. The van der Waals surface area contributed by atoms with Gasteiger partial charge in [-0.2, -0.15) is 0 Å². The maximum absolute atomic E-state index is 10.8. The molecule has 0 atom stereocenters. The Bertz CT molecular complexity index is 168. The molecule has 0 saturated carbocycles. The van der Waals surface area contributed by atoms with E-state index >= 15 is 0 Å². The average molecular weight is 141 g/mol. The van der Waals surface area contributed by atoms with Gasteiger partial charge in [0.25, 0.3) is 0 Å². The molecule has 58 valence electrons. The lowest BCUT2D eigenvalue weighted by molar-refractivity contribution is -0.124. The fourth-order valence-electron chi connectivity index (χ4n) is 0.555. The first-order valence-corrected chi connectivity index (χ1v) is 3.36. The highest BCUT2D eigenvalue weighted by molar-refractivity contribution is 5.83. The summed E-state index contributed by atoms with van der Waals surface area (Å²) in [6.07, 6.45) is 1.91. The highest BCUT2D eigenvalue weighted by atomic mass is 16.1. The van der Waals surface area contributed by atoms with Crippen molar-refractivity contribution in [2.45, 2.75) is 27.7 Å². The highest BCUT2D eigenvalue weighted by Gasteiger charge is 2.25. The quantitative estimate of drug-likeness (QED) is 0.581. The predicted molar refractivity (Wildman–Crippen MR) is 42.4 cm³/mol. The SMILES string of the molecule is C/C=C(/C)C(C)(C)C(N)=O. The fourth-order valence-corrected chi connectivity index (χ4v) is 0.555. The molecule has 0 radical (unpaired) electrons. The molecule has 0 aliphatic carbocycles. The van der Waals surface area contributed by atoms with Gasteiger partial charge in [0.15, 0.2) is 0 Å². The molecular formula is C8H15NO. The van der Waals surface area contributed by atoms with Crippen LogP contribution >= 0.6 is 0 Å². The van der Waals surface area contributed by atoms with Crippen molar-refractivity contribution < 1.29 is 4.79 Å². The molecule has 2 N–H and O–H groups in total. The third kappa shape index (κ3) is 1.59. The Morgan fingerprint density at radius 2 is 1.90 bits per heavy atom. The van der Waals surface area contributed by atoms with E-state index < -0.39 is 5.41 Å². The molecule has 2 nitrogen and oxygen atoms in total. The summed E-state index contributed by atoms with van der Waals surface area (Å²) in [6.45, 7) is 7.46. The van der Waals surface area contributed by atoms with Crippen LogP contribution in [0, 0.1) is 5.41 Å². The smallest absolute Gasteiger partial charge is 0.227 e. The van der Waals surface area contributed by atoms with Crippen LogP contribution in [-0.2, 0) is 4.79 Å². The molecular weight excluding hydrogens is 126 g/mol. The molecule has 0 rings (SSSR count). The third-order valence-corrected chi connectivity index (χ3v) is 2.03. The van der Waals surface area contributed by atoms with Crippen LogP contribution in [0.3, 0.4) is 0 Å². The Kier molecular flexibility index (Phi) is 2.64. The van der Waals surface area contributed by atoms with Gasteiger partial charge in [0.05, 0.1) is 5.41 Å². The Labute approximate surface area is 62.1 Å². The zero-order valence-electron chi connectivity index (χ0n) is 7.06. The minimum atomic E-state index is -0.491. The summed E-state index contributed by atoms with van der Waals surface area (Å²) in [7, 11) is 0. The maximum atomic E-state index is 10.8. The molecule has 0 unspecified atom stereocenters. The molecule has 0 saturated heterocycles. The van der Waals surface area contributed by atoms with E-state index in [4.69, 9.17) is 5.73 Å². The zero-order valence-corrected chi connectivity index (χ0v) is 7.06. The van der Waals surface area contributed by atoms with Crippen LogP contribution < -0.4 is 5.73 Å². The molecule has 10 heavy (non-hydrogen) atoms. The highest BCUT2D eigenvalue weighted by Crippen LogP contribution is 2.24. The summed E-state index contributed by atoms with van der Waals surface area (Å²) in [6, 6.07) is 0. The number of rotatable bonds is 2. The lowest BCUT2D eigenvalue weighted by atomic mass is 9.84. The molecule has 0 bridgehead atoms. The number of primary amides is 1. The molecule has 0 aromatic heterocycles. The second kappa shape index (κ2) is 2.86. The molecule has 2 heteroatoms. The van der Waals surface area contributed by atoms with Crippen LogP contribution in [0.5, 0.6) is 0 Å². The van der Waals surface area contributed by atoms with Crippen LogP contribution in [0.25, 0.3) is 0 Å². The van der Waals surface area contributed by atoms with E-state index in [0.29, 0.717) is 0 Å². The van der Waals surface area contributed by atoms with Gasteiger partial charge < -0.3 is 5.73 Å². The van der Waals surface area contributed by atoms with Crippen LogP contribution in [0.15, 0.2) is 11.6 Å². The molecule has 0 aromatic carbocycles. The van der Waals surface area contributed by atoms with Crippen molar-refractivity contribution in [1.29, 1.82) is 0 Å². The number of carbonyl (C=O) groups is 1. The van der Waals surface area contributed by atoms with Gasteiger partial charge in [-0.15, -0.1) is 0 Å². The van der Waals surface area contributed by atoms with E-state index in [1.807, 2.05) is 33.8 Å². The summed E-state index contributed by atoms with van der Waals surface area (Å²) >= 11 is 0. The van der Waals surface area contributed by atoms with Crippen LogP contribution in [0.2, 0.25) is 0 Å². The van der Waals surface area contributed by atoms with Gasteiger partial charge in [-0.05, 0) is 27.7 Å². The normalized spacial score (nSPS) is 13.4. The van der Waals surface area contributed by atoms with E-state index in [2.05, 4.69) is 0 Å². The van der Waals surface area contributed by atoms with Gasteiger partial charge in [-0.25, -0.2) is 0 Å². The number of amides is 1. The molecule has 0 spiro atoms. The Morgan fingerprint density at radius 3 is 2.00 bits per heavy atom. The van der Waals surface area contributed by atoms with Crippen LogP contribution in [0.1, 0.15) is 27.7 Å². The predicted octanol–water partition coefficient (Wildman–Crippen LogP) is 1.46. The Balaban J connectivity index is 4.56. The van der Waals surface area contributed by atoms with Crippen molar-refractivity contribution in [3.63, 3.8) is 0 Å². The maximum Gasteiger partial charge on any atom is 0.227 e. The average Bonchev–Trinajstić information content (AvgIpc) is 1.86. The summed E-state index contributed by atoms with van der Waals surface area (Å²) < 4.78 is 0. The number of allylic oxidation sites excluding steroid dienone is 1. The molecule has 0 heterocycles. The van der Waals surface area contributed by atoms with Crippen molar-refractivity contribution >= 4 is 5.91 Å². The number of nitrogens with two attached hydrogens (primary N) is 1. The summed E-state index contributed by atoms with van der Waals surface area (Å²) in [5.74, 6) is -0.275. The molecule has 0 fully saturated rings. The standard InChI is InChI=1S/C8H15NO/c1-5-6(2)8(3,4)7(9)10/h5H,1-4H3,(H2,9,10)/b6-5-. The fraction of sp³-hybridized carbons (Fsp3) is 0.625. The second-order valence-corrected chi connectivity index (χ2v) is 2.96. The van der Waals surface area contributed by atoms with Crippen molar-refractivity contribution in [3.05, 3.63) is 11.6 Å². The first-order valence-electron chi connectivity index (χ1n) is 3.36. The monoisotopic (exact) mass is 141 g/mol. The first kappa shape index (κ1) is 9.21. The van der Waals surface area contributed by atoms with Crippen molar-refractivity contribution in [1.82, 2.24) is 0 Å². The van der Waals surface area contributed by atoms with Crippen molar-refractivity contribution in [2.75, 3.05) is 0 Å². The second-order valence-electron chi connectivity index (χ2n) is 2.96. The van der Waals surface area contributed by atoms with E-state index in [-0.39, 0.29) is 5.91 Å². The Morgan fingerprint density at radius 1 is 1.50 bits per heavy atom. The van der Waals surface area contributed by atoms with E-state index in [1.165, 1.54) is 0 Å². The molecule has 0 aliphatic rings. The van der Waals surface area contributed by atoms with E-state index in [1.54, 1.807) is 0 Å². The Hall–Kier alpha value is -0.790. The largest absolute Gasteiger partial charge is 0.369 e. The topological polar surface area (TPSA) is 43.1 Å². The lowest BCUT2D eigenvalue weighted by Gasteiger charge is -2.20. The third-order valence-electron chi connectivity index (χ3n) is 2.03. The van der Waals surface area contributed by atoms with Crippen LogP contribution in [-0.4, -0.2) is 5.91 Å². The summed E-state index contributed by atoms with van der Waals surface area (Å²) in [5, 5.41) is 0. The van der Waals surface area contributed by atoms with Gasteiger partial charge in [0, 0.05) is 0 Å². The molecule has 1 amide bonds. The minimum absolute atomic E-state index is 0.275. The summed E-state index contributed by atoms with van der Waals surface area (Å²) in [4.78, 5) is 10.8. The van der Waals surface area contributed by atoms with Gasteiger partial charge in [0.2, 0.25) is 5.91 Å². The zero-order chi connectivity index (χ0) is 8.36. The summed E-state index contributed by atoms with van der Waals surface area (Å²) in [5.41, 5.74) is 5.69. The van der Waals surface area contributed by atoms with Gasteiger partial charge in [-0.3, -0.25) is 4.79 Å². The van der Waals surface area contributed by atoms with Gasteiger partial charge in [-0.1, -0.05) is 11.6 Å². The first-order chi connectivity index (χ1) is 4.42. The molecule has 0 aromatic rings.